The molecule has 0 aromatic carbocycles. The third-order valence-electron chi connectivity index (χ3n) is 3.08. The van der Waals surface area contributed by atoms with E-state index in [1.54, 1.807) is 20.8 Å². The number of likely N-dealkylation sites (N-methyl/N-ethyl adjacent to an activating group) is 1. The highest BCUT2D eigenvalue weighted by molar-refractivity contribution is 7.90. The molecule has 8 heteroatoms. The fourth-order valence-electron chi connectivity index (χ4n) is 2.25. The minimum atomic E-state index is -3.67. The SMILES string of the molecule is CN(C)[C@@H]1CN(C(=O)NS(=O)(=O)CC(C)(C)C)C[C@@H]1O. The number of carbonyl (C=O) groups excluding carboxylic acids is 1. The second-order valence-electron chi connectivity index (χ2n) is 6.73. The summed E-state index contributed by atoms with van der Waals surface area (Å²) >= 11 is 0. The summed E-state index contributed by atoms with van der Waals surface area (Å²) in [6.45, 7) is 5.82. The number of nitrogens with zero attached hydrogens (tertiary/aromatic N) is 2. The summed E-state index contributed by atoms with van der Waals surface area (Å²) in [5.41, 5.74) is -0.428. The van der Waals surface area contributed by atoms with E-state index in [1.165, 1.54) is 4.90 Å². The molecule has 7 nitrogen and oxygen atoms in total. The first-order chi connectivity index (χ1) is 8.91. The van der Waals surface area contributed by atoms with Crippen molar-refractivity contribution >= 4 is 16.1 Å². The molecule has 1 saturated heterocycles. The smallest absolute Gasteiger partial charge is 0.331 e. The van der Waals surface area contributed by atoms with Gasteiger partial charge in [-0.05, 0) is 19.5 Å². The van der Waals surface area contributed by atoms with Gasteiger partial charge in [0.2, 0.25) is 10.0 Å². The maximum absolute atomic E-state index is 12.0. The molecule has 0 aromatic heterocycles. The van der Waals surface area contributed by atoms with Crippen molar-refractivity contribution in [3.8, 4) is 0 Å². The highest BCUT2D eigenvalue weighted by atomic mass is 32.2. The molecule has 118 valence electrons. The van der Waals surface area contributed by atoms with Crippen LogP contribution >= 0.6 is 0 Å². The standard InChI is InChI=1S/C12H25N3O4S/c1-12(2,3)8-20(18,19)13-11(17)15-6-9(14(4)5)10(16)7-15/h9-10,16H,6-8H2,1-5H3,(H,13,17)/t9-,10+/m1/s1. The minimum Gasteiger partial charge on any atom is -0.390 e. The normalized spacial score (nSPS) is 24.2. The van der Waals surface area contributed by atoms with Crippen LogP contribution in [0.15, 0.2) is 0 Å². The minimum absolute atomic E-state index is 0.126. The molecule has 2 amide bonds. The number of nitrogens with one attached hydrogen (secondary N) is 1. The van der Waals surface area contributed by atoms with Gasteiger partial charge < -0.3 is 14.9 Å². The number of rotatable bonds is 3. The van der Waals surface area contributed by atoms with E-state index in [4.69, 9.17) is 0 Å². The Morgan fingerprint density at radius 2 is 1.90 bits per heavy atom. The zero-order chi connectivity index (χ0) is 15.7. The number of likely N-dealkylation sites (tertiary alicyclic amines) is 1. The number of aliphatic hydroxyl groups is 1. The third-order valence-corrected chi connectivity index (χ3v) is 4.81. The van der Waals surface area contributed by atoms with Crippen LogP contribution in [0.5, 0.6) is 0 Å². The van der Waals surface area contributed by atoms with Crippen LogP contribution in [0.2, 0.25) is 0 Å². The summed E-state index contributed by atoms with van der Waals surface area (Å²) in [6, 6.07) is -0.844. The highest BCUT2D eigenvalue weighted by Gasteiger charge is 2.36. The first-order valence-corrected chi connectivity index (χ1v) is 8.20. The molecule has 0 aliphatic carbocycles. The lowest BCUT2D eigenvalue weighted by Crippen LogP contribution is -2.45. The predicted octanol–water partition coefficient (Wildman–Crippen LogP) is -0.321. The molecule has 1 aliphatic heterocycles. The van der Waals surface area contributed by atoms with E-state index >= 15 is 0 Å². The number of hydrogen-bond donors (Lipinski definition) is 2. The first kappa shape index (κ1) is 17.2. The Kier molecular flexibility index (Phi) is 5.04. The van der Waals surface area contributed by atoms with Crippen molar-refractivity contribution in [2.45, 2.75) is 32.9 Å². The van der Waals surface area contributed by atoms with Gasteiger partial charge in [0, 0.05) is 6.54 Å². The Morgan fingerprint density at radius 1 is 1.35 bits per heavy atom. The van der Waals surface area contributed by atoms with Crippen LogP contribution in [0.4, 0.5) is 4.79 Å². The lowest BCUT2D eigenvalue weighted by molar-refractivity contribution is 0.113. The average Bonchev–Trinajstić information content (AvgIpc) is 2.55. The molecule has 0 saturated carbocycles. The average molecular weight is 307 g/mol. The van der Waals surface area contributed by atoms with Gasteiger partial charge in [-0.15, -0.1) is 0 Å². The summed E-state index contributed by atoms with van der Waals surface area (Å²) in [4.78, 5) is 15.1. The molecule has 0 radical (unpaired) electrons. The van der Waals surface area contributed by atoms with Gasteiger partial charge in [-0.1, -0.05) is 20.8 Å². The van der Waals surface area contributed by atoms with Gasteiger partial charge in [0.1, 0.15) is 0 Å². The summed E-state index contributed by atoms with van der Waals surface area (Å²) in [5.74, 6) is -0.126. The lowest BCUT2D eigenvalue weighted by atomic mass is 10.0. The molecule has 20 heavy (non-hydrogen) atoms. The summed E-state index contributed by atoms with van der Waals surface area (Å²) in [6.07, 6.45) is -0.666. The van der Waals surface area contributed by atoms with E-state index < -0.39 is 27.6 Å². The number of β-amino-alcohol motifs (C(OH)–C–C–N with tert-alkyl or cyclic N) is 1. The molecule has 2 atom stereocenters. The molecule has 0 unspecified atom stereocenters. The van der Waals surface area contributed by atoms with Crippen LogP contribution < -0.4 is 4.72 Å². The Hall–Kier alpha value is -0.860. The summed E-state index contributed by atoms with van der Waals surface area (Å²) < 4.78 is 25.8. The molecule has 0 bridgehead atoms. The van der Waals surface area contributed by atoms with Crippen LogP contribution in [0.25, 0.3) is 0 Å². The van der Waals surface area contributed by atoms with Crippen molar-refractivity contribution in [2.24, 2.45) is 5.41 Å². The zero-order valence-corrected chi connectivity index (χ0v) is 13.6. The van der Waals surface area contributed by atoms with Crippen LogP contribution in [0.1, 0.15) is 20.8 Å². The Balaban J connectivity index is 2.65. The zero-order valence-electron chi connectivity index (χ0n) is 12.8. The molecular weight excluding hydrogens is 282 g/mol. The van der Waals surface area contributed by atoms with Crippen molar-refractivity contribution in [2.75, 3.05) is 32.9 Å². The second kappa shape index (κ2) is 5.87. The Morgan fingerprint density at radius 3 is 2.30 bits per heavy atom. The molecule has 1 fully saturated rings. The fraction of sp³-hybridized carbons (Fsp3) is 0.917. The van der Waals surface area contributed by atoms with Gasteiger partial charge >= 0.3 is 6.03 Å². The molecule has 2 N–H and O–H groups in total. The molecule has 0 aromatic rings. The molecule has 0 spiro atoms. The maximum Gasteiger partial charge on any atom is 0.331 e. The molecule has 1 rings (SSSR count). The number of amides is 2. The topological polar surface area (TPSA) is 90.0 Å². The summed E-state index contributed by atoms with van der Waals surface area (Å²) in [5, 5.41) is 9.85. The van der Waals surface area contributed by atoms with Gasteiger partial charge in [0.05, 0.1) is 24.4 Å². The van der Waals surface area contributed by atoms with E-state index in [0.717, 1.165) is 0 Å². The van der Waals surface area contributed by atoms with E-state index in [0.29, 0.717) is 6.54 Å². The number of carbonyl (C=O) groups is 1. The number of aliphatic hydroxyl groups excluding tert-OH is 1. The van der Waals surface area contributed by atoms with Crippen molar-refractivity contribution < 1.29 is 18.3 Å². The Labute approximate surface area is 121 Å². The van der Waals surface area contributed by atoms with Crippen molar-refractivity contribution in [3.63, 3.8) is 0 Å². The third kappa shape index (κ3) is 4.92. The monoisotopic (exact) mass is 307 g/mol. The quantitative estimate of drug-likeness (QED) is 0.746. The van der Waals surface area contributed by atoms with E-state index in [2.05, 4.69) is 4.72 Å². The van der Waals surface area contributed by atoms with Gasteiger partial charge in [0.25, 0.3) is 0 Å². The molecule has 1 aliphatic rings. The van der Waals surface area contributed by atoms with Gasteiger partial charge in [-0.25, -0.2) is 17.9 Å². The van der Waals surface area contributed by atoms with Gasteiger partial charge in [-0.2, -0.15) is 0 Å². The van der Waals surface area contributed by atoms with Gasteiger partial charge in [0.15, 0.2) is 0 Å². The highest BCUT2D eigenvalue weighted by Crippen LogP contribution is 2.17. The van der Waals surface area contributed by atoms with Crippen molar-refractivity contribution in [1.82, 2.24) is 14.5 Å². The first-order valence-electron chi connectivity index (χ1n) is 6.55. The number of urea groups is 1. The lowest BCUT2D eigenvalue weighted by Gasteiger charge is -2.22. The molecular formula is C12H25N3O4S. The summed E-state index contributed by atoms with van der Waals surface area (Å²) in [7, 11) is -0.0453. The largest absolute Gasteiger partial charge is 0.390 e. The fourth-order valence-corrected chi connectivity index (χ4v) is 3.85. The predicted molar refractivity (Wildman–Crippen MR) is 76.8 cm³/mol. The van der Waals surface area contributed by atoms with E-state index in [9.17, 15) is 18.3 Å². The van der Waals surface area contributed by atoms with E-state index in [1.807, 2.05) is 19.0 Å². The maximum atomic E-state index is 12.0. The second-order valence-corrected chi connectivity index (χ2v) is 8.45. The van der Waals surface area contributed by atoms with Crippen LogP contribution in [0, 0.1) is 5.41 Å². The van der Waals surface area contributed by atoms with E-state index in [-0.39, 0.29) is 18.3 Å². The van der Waals surface area contributed by atoms with Crippen LogP contribution in [0.3, 0.4) is 0 Å². The number of hydrogen-bond acceptors (Lipinski definition) is 5. The Bertz CT molecular complexity index is 456. The van der Waals surface area contributed by atoms with Crippen LogP contribution in [-0.4, -0.2) is 74.4 Å². The molecule has 1 heterocycles. The van der Waals surface area contributed by atoms with Crippen molar-refractivity contribution in [3.05, 3.63) is 0 Å². The number of sulfonamides is 1. The van der Waals surface area contributed by atoms with Crippen LogP contribution in [-0.2, 0) is 10.0 Å². The van der Waals surface area contributed by atoms with Gasteiger partial charge in [-0.3, -0.25) is 0 Å². The van der Waals surface area contributed by atoms with Crippen molar-refractivity contribution in [1.29, 1.82) is 0 Å².